The van der Waals surface area contributed by atoms with Gasteiger partial charge in [0.1, 0.15) is 13.2 Å². The number of nitrogens with one attached hydrogen (secondary N) is 1. The number of carbonyl (C=O) groups excluding carboxylic acids is 1. The molecule has 0 aliphatic carbocycles. The fourth-order valence-corrected chi connectivity index (χ4v) is 9.42. The minimum atomic E-state index is -4.60. The monoisotopic (exact) mass is 979 g/mol. The number of quaternary nitrogens is 1. The summed E-state index contributed by atoms with van der Waals surface area (Å²) in [6.45, 7) is 4.66. The Morgan fingerprint density at radius 3 is 1.19 bits per heavy atom. The van der Waals surface area contributed by atoms with Crippen molar-refractivity contribution in [2.75, 3.05) is 40.9 Å². The predicted molar refractivity (Wildman–Crippen MR) is 293 cm³/mol. The zero-order chi connectivity index (χ0) is 49.9. The number of aliphatic hydroxyl groups excluding tert-OH is 1. The number of likely N-dealkylation sites (N-methyl/N-ethyl adjacent to an activating group) is 1. The highest BCUT2D eigenvalue weighted by Crippen LogP contribution is 2.38. The summed E-state index contributed by atoms with van der Waals surface area (Å²) in [6, 6.07) is -0.902. The normalized spacial score (nSPS) is 14.2. The van der Waals surface area contributed by atoms with Crippen LogP contribution in [0.15, 0.2) is 36.5 Å². The van der Waals surface area contributed by atoms with Gasteiger partial charge in [0.25, 0.3) is 7.82 Å². The third kappa shape index (κ3) is 52.5. The first-order chi connectivity index (χ1) is 33.0. The molecule has 0 aliphatic heterocycles. The molecule has 1 amide bonds. The number of rotatable bonds is 54. The summed E-state index contributed by atoms with van der Waals surface area (Å²) in [4.78, 5) is 25.5. The fourth-order valence-electron chi connectivity index (χ4n) is 8.70. The molecular weight excluding hydrogens is 864 g/mol. The second kappa shape index (κ2) is 50.7. The number of allylic oxidation sites excluding steroid dienone is 5. The number of nitrogens with zero attached hydrogens (tertiary/aromatic N) is 1. The van der Waals surface area contributed by atoms with Crippen LogP contribution < -0.4 is 10.2 Å². The second-order valence-electron chi connectivity index (χ2n) is 21.3. The number of carbonyl (C=O) groups is 1. The molecule has 0 fully saturated rings. The van der Waals surface area contributed by atoms with Gasteiger partial charge in [-0.2, -0.15) is 0 Å². The molecule has 3 atom stereocenters. The highest BCUT2D eigenvalue weighted by molar-refractivity contribution is 7.45. The molecule has 0 aliphatic rings. The van der Waals surface area contributed by atoms with E-state index in [9.17, 15) is 19.4 Å². The number of unbranched alkanes of at least 4 members (excludes halogenated alkanes) is 37. The minimum Gasteiger partial charge on any atom is -0.756 e. The summed E-state index contributed by atoms with van der Waals surface area (Å²) in [5.74, 6) is -0.203. The lowest BCUT2D eigenvalue weighted by Crippen LogP contribution is -2.45. The standard InChI is InChI=1S/C59H115N2O6P/c1-6-8-10-12-14-16-18-20-22-24-26-27-28-29-30-31-32-33-35-37-39-41-43-45-47-49-51-53-59(63)60-57(56-67-68(64,65)66-55-54-61(3,4)5)58(62)52-50-48-46-44-42-40-38-36-34-25-23-21-19-17-15-13-11-9-7-2/h24,26,42,44,50,52,57-58,62H,6-23,25,27-41,43,45-49,51,53-56H2,1-5H3,(H-,60,63,64,65)/b26-24-,44-42+,52-50+. The summed E-state index contributed by atoms with van der Waals surface area (Å²) in [5, 5.41) is 13.9. The number of aliphatic hydroxyl groups is 1. The van der Waals surface area contributed by atoms with Crippen LogP contribution in [0, 0.1) is 0 Å². The Kier molecular flexibility index (Phi) is 49.7. The Labute approximate surface area is 423 Å². The Morgan fingerprint density at radius 2 is 0.824 bits per heavy atom. The maximum absolute atomic E-state index is 13.0. The molecule has 2 N–H and O–H groups in total. The topological polar surface area (TPSA) is 108 Å². The summed E-state index contributed by atoms with van der Waals surface area (Å²) in [7, 11) is 1.25. The Morgan fingerprint density at radius 1 is 0.500 bits per heavy atom. The van der Waals surface area contributed by atoms with E-state index < -0.39 is 20.0 Å². The first-order valence-electron chi connectivity index (χ1n) is 29.4. The van der Waals surface area contributed by atoms with Crippen molar-refractivity contribution in [2.45, 2.75) is 296 Å². The molecule has 0 heterocycles. The minimum absolute atomic E-state index is 0.00513. The van der Waals surface area contributed by atoms with Gasteiger partial charge in [-0.15, -0.1) is 0 Å². The highest BCUT2D eigenvalue weighted by atomic mass is 31.2. The largest absolute Gasteiger partial charge is 0.756 e. The van der Waals surface area contributed by atoms with Crippen LogP contribution in [-0.4, -0.2) is 68.5 Å². The van der Waals surface area contributed by atoms with Gasteiger partial charge in [0.05, 0.1) is 39.9 Å². The highest BCUT2D eigenvalue weighted by Gasteiger charge is 2.23. The number of hydrogen-bond donors (Lipinski definition) is 2. The molecule has 0 rings (SSSR count). The molecule has 0 bridgehead atoms. The van der Waals surface area contributed by atoms with Gasteiger partial charge in [0.15, 0.2) is 0 Å². The van der Waals surface area contributed by atoms with E-state index in [0.717, 1.165) is 38.5 Å². The van der Waals surface area contributed by atoms with Crippen molar-refractivity contribution >= 4 is 13.7 Å². The van der Waals surface area contributed by atoms with E-state index >= 15 is 0 Å². The van der Waals surface area contributed by atoms with Crippen LogP contribution in [0.3, 0.4) is 0 Å². The lowest BCUT2D eigenvalue weighted by Gasteiger charge is -2.29. The number of amides is 1. The molecule has 68 heavy (non-hydrogen) atoms. The second-order valence-corrected chi connectivity index (χ2v) is 22.8. The van der Waals surface area contributed by atoms with Crippen molar-refractivity contribution in [3.63, 3.8) is 0 Å². The summed E-state index contributed by atoms with van der Waals surface area (Å²) in [5.41, 5.74) is 0. The quantitative estimate of drug-likeness (QED) is 0.0272. The molecular formula is C59H115N2O6P. The van der Waals surface area contributed by atoms with Crippen LogP contribution in [0.4, 0.5) is 0 Å². The third-order valence-electron chi connectivity index (χ3n) is 13.3. The van der Waals surface area contributed by atoms with Gasteiger partial charge in [-0.25, -0.2) is 0 Å². The molecule has 0 aromatic rings. The van der Waals surface area contributed by atoms with Crippen LogP contribution >= 0.6 is 7.82 Å². The van der Waals surface area contributed by atoms with Gasteiger partial charge in [-0.05, 0) is 57.8 Å². The first kappa shape index (κ1) is 66.7. The van der Waals surface area contributed by atoms with Gasteiger partial charge in [0.2, 0.25) is 5.91 Å². The first-order valence-corrected chi connectivity index (χ1v) is 30.8. The molecule has 0 aromatic carbocycles. The number of phosphoric ester groups is 1. The third-order valence-corrected chi connectivity index (χ3v) is 14.3. The van der Waals surface area contributed by atoms with Crippen LogP contribution in [-0.2, 0) is 18.4 Å². The van der Waals surface area contributed by atoms with E-state index in [1.54, 1.807) is 6.08 Å². The van der Waals surface area contributed by atoms with Crippen molar-refractivity contribution in [1.82, 2.24) is 5.32 Å². The van der Waals surface area contributed by atoms with E-state index in [0.29, 0.717) is 17.4 Å². The molecule has 402 valence electrons. The molecule has 0 saturated carbocycles. The van der Waals surface area contributed by atoms with Crippen molar-refractivity contribution < 1.29 is 32.9 Å². The molecule has 3 unspecified atom stereocenters. The zero-order valence-electron chi connectivity index (χ0n) is 45.8. The van der Waals surface area contributed by atoms with Crippen molar-refractivity contribution in [3.8, 4) is 0 Å². The summed E-state index contributed by atoms with van der Waals surface area (Å²) in [6.07, 6.45) is 65.1. The molecule has 9 heteroatoms. The maximum atomic E-state index is 13.0. The molecule has 0 spiro atoms. The van der Waals surface area contributed by atoms with E-state index in [1.165, 1.54) is 225 Å². The van der Waals surface area contributed by atoms with Gasteiger partial charge in [0, 0.05) is 6.42 Å². The van der Waals surface area contributed by atoms with Crippen LogP contribution in [0.5, 0.6) is 0 Å². The van der Waals surface area contributed by atoms with Crippen LogP contribution in [0.1, 0.15) is 284 Å². The summed E-state index contributed by atoms with van der Waals surface area (Å²) >= 11 is 0. The Balaban J connectivity index is 4.18. The zero-order valence-corrected chi connectivity index (χ0v) is 46.7. The molecule has 0 radical (unpaired) electrons. The van der Waals surface area contributed by atoms with Crippen LogP contribution in [0.2, 0.25) is 0 Å². The SMILES string of the molecule is CCCCCCCCCC/C=C\CCCCCCCCCCCCCCCCCC(=O)NC(COP(=O)([O-])OCC[N+](C)(C)C)C(O)/C=C/CC/C=C/CCCCCCCCCCCCCCC. The lowest BCUT2D eigenvalue weighted by molar-refractivity contribution is -0.870. The van der Waals surface area contributed by atoms with Gasteiger partial charge in [-0.3, -0.25) is 9.36 Å². The van der Waals surface area contributed by atoms with Gasteiger partial charge >= 0.3 is 0 Å². The molecule has 0 saturated heterocycles. The van der Waals surface area contributed by atoms with Crippen LogP contribution in [0.25, 0.3) is 0 Å². The lowest BCUT2D eigenvalue weighted by atomic mass is 10.0. The summed E-state index contributed by atoms with van der Waals surface area (Å²) < 4.78 is 23.3. The molecule has 0 aromatic heterocycles. The molecule has 8 nitrogen and oxygen atoms in total. The smallest absolute Gasteiger partial charge is 0.268 e. The van der Waals surface area contributed by atoms with E-state index in [2.05, 4.69) is 43.5 Å². The van der Waals surface area contributed by atoms with Gasteiger partial charge in [-0.1, -0.05) is 256 Å². The maximum Gasteiger partial charge on any atom is 0.268 e. The van der Waals surface area contributed by atoms with E-state index in [-0.39, 0.29) is 19.1 Å². The number of phosphoric acid groups is 1. The Bertz CT molecular complexity index is 1200. The van der Waals surface area contributed by atoms with E-state index in [4.69, 9.17) is 9.05 Å². The fraction of sp³-hybridized carbons (Fsp3) is 0.881. The number of hydrogen-bond acceptors (Lipinski definition) is 6. The average molecular weight is 980 g/mol. The van der Waals surface area contributed by atoms with E-state index in [1.807, 2.05) is 27.2 Å². The van der Waals surface area contributed by atoms with Crippen molar-refractivity contribution in [2.24, 2.45) is 0 Å². The van der Waals surface area contributed by atoms with Crippen molar-refractivity contribution in [3.05, 3.63) is 36.5 Å². The average Bonchev–Trinajstić information content (AvgIpc) is 3.30. The van der Waals surface area contributed by atoms with Crippen molar-refractivity contribution in [1.29, 1.82) is 0 Å². The Hall–Kier alpha value is -1.28. The predicted octanol–water partition coefficient (Wildman–Crippen LogP) is 17.1. The van der Waals surface area contributed by atoms with Gasteiger partial charge < -0.3 is 28.8 Å².